The molecule has 0 aliphatic heterocycles. The number of hydrogen-bond donors (Lipinski definition) is 1. The topological polar surface area (TPSA) is 38.1 Å². The minimum absolute atomic E-state index is 0.0283. The lowest BCUT2D eigenvalue weighted by molar-refractivity contribution is 0.280. The number of aliphatic hydroxyl groups excluding tert-OH is 1. The fraction of sp³-hybridized carbons (Fsp3) is 0.357. The lowest BCUT2D eigenvalue weighted by atomic mass is 10.2. The molecule has 0 spiro atoms. The van der Waals surface area contributed by atoms with E-state index < -0.39 is 0 Å². The molecular weight excluding hydrogens is 248 g/mol. The Morgan fingerprint density at radius 3 is 2.61 bits per heavy atom. The molecule has 1 aliphatic carbocycles. The van der Waals surface area contributed by atoms with E-state index in [-0.39, 0.29) is 6.61 Å². The van der Waals surface area contributed by atoms with Crippen LogP contribution in [-0.4, -0.2) is 14.9 Å². The minimum atomic E-state index is -0.0283. The highest BCUT2D eigenvalue weighted by Gasteiger charge is 2.31. The van der Waals surface area contributed by atoms with Gasteiger partial charge in [-0.05, 0) is 18.4 Å². The van der Waals surface area contributed by atoms with Crippen LogP contribution in [0.15, 0.2) is 30.3 Å². The number of aliphatic hydroxyl groups is 1. The zero-order chi connectivity index (χ0) is 12.5. The number of rotatable bonds is 4. The maximum Gasteiger partial charge on any atom is 0.133 e. The van der Waals surface area contributed by atoms with Gasteiger partial charge >= 0.3 is 0 Å². The first-order chi connectivity index (χ1) is 8.79. The second kappa shape index (κ2) is 4.75. The fourth-order valence-corrected chi connectivity index (χ4v) is 2.44. The third-order valence-corrected chi connectivity index (χ3v) is 3.73. The van der Waals surface area contributed by atoms with E-state index in [9.17, 15) is 5.11 Å². The number of nitrogens with zero attached hydrogens (tertiary/aromatic N) is 2. The first kappa shape index (κ1) is 11.8. The van der Waals surface area contributed by atoms with Crippen LogP contribution in [0.25, 0.3) is 0 Å². The van der Waals surface area contributed by atoms with E-state index in [1.165, 1.54) is 0 Å². The molecule has 4 heteroatoms. The van der Waals surface area contributed by atoms with Crippen LogP contribution < -0.4 is 0 Å². The van der Waals surface area contributed by atoms with Crippen molar-refractivity contribution in [3.05, 3.63) is 52.3 Å². The third-order valence-electron chi connectivity index (χ3n) is 3.31. The van der Waals surface area contributed by atoms with Crippen LogP contribution in [-0.2, 0) is 13.2 Å². The fourth-order valence-electron chi connectivity index (χ4n) is 2.19. The number of aromatic nitrogens is 2. The molecule has 0 bridgehead atoms. The number of benzene rings is 1. The maximum atomic E-state index is 9.42. The highest BCUT2D eigenvalue weighted by molar-refractivity contribution is 6.30. The van der Waals surface area contributed by atoms with E-state index >= 15 is 0 Å². The normalized spacial score (nSPS) is 15.0. The molecule has 3 nitrogen and oxygen atoms in total. The second-order valence-electron chi connectivity index (χ2n) is 4.73. The van der Waals surface area contributed by atoms with Crippen LogP contribution in [0, 0.1) is 0 Å². The van der Waals surface area contributed by atoms with E-state index in [0.29, 0.717) is 17.6 Å². The average Bonchev–Trinajstić information content (AvgIpc) is 3.18. The predicted octanol–water partition coefficient (Wildman–Crippen LogP) is 2.95. The summed E-state index contributed by atoms with van der Waals surface area (Å²) < 4.78 is 1.79. The van der Waals surface area contributed by atoms with Gasteiger partial charge in [-0.25, -0.2) is 4.68 Å². The van der Waals surface area contributed by atoms with Gasteiger partial charge in [0.05, 0.1) is 18.8 Å². The Hall–Kier alpha value is -1.32. The van der Waals surface area contributed by atoms with E-state index in [4.69, 9.17) is 11.6 Å². The van der Waals surface area contributed by atoms with Crippen molar-refractivity contribution in [3.8, 4) is 0 Å². The van der Waals surface area contributed by atoms with Crippen molar-refractivity contribution in [1.82, 2.24) is 9.78 Å². The Labute approximate surface area is 111 Å². The Bertz CT molecular complexity index is 546. The first-order valence-electron chi connectivity index (χ1n) is 6.19. The molecule has 1 saturated carbocycles. The zero-order valence-electron chi connectivity index (χ0n) is 10.0. The van der Waals surface area contributed by atoms with Crippen molar-refractivity contribution in [2.24, 2.45) is 0 Å². The SMILES string of the molecule is OCc1c(C2CC2)nn(Cc2ccccc2)c1Cl. The second-order valence-corrected chi connectivity index (χ2v) is 5.09. The molecule has 94 valence electrons. The van der Waals surface area contributed by atoms with Crippen LogP contribution in [0.5, 0.6) is 0 Å². The Balaban J connectivity index is 1.92. The molecule has 1 aromatic carbocycles. The van der Waals surface area contributed by atoms with Gasteiger partial charge in [-0.1, -0.05) is 41.9 Å². The van der Waals surface area contributed by atoms with Crippen molar-refractivity contribution in [3.63, 3.8) is 0 Å². The summed E-state index contributed by atoms with van der Waals surface area (Å²) in [5.41, 5.74) is 2.95. The summed E-state index contributed by atoms with van der Waals surface area (Å²) in [5, 5.41) is 14.6. The van der Waals surface area contributed by atoms with Crippen LogP contribution in [0.1, 0.15) is 35.6 Å². The molecule has 0 atom stereocenters. The van der Waals surface area contributed by atoms with E-state index in [1.807, 2.05) is 30.3 Å². The molecular formula is C14H15ClN2O. The Kier molecular flexibility index (Phi) is 3.10. The van der Waals surface area contributed by atoms with Gasteiger partial charge in [0.1, 0.15) is 5.15 Å². The number of hydrogen-bond acceptors (Lipinski definition) is 2. The van der Waals surface area contributed by atoms with Crippen molar-refractivity contribution < 1.29 is 5.11 Å². The molecule has 0 radical (unpaired) electrons. The smallest absolute Gasteiger partial charge is 0.133 e. The number of halogens is 1. The standard InChI is InChI=1S/C14H15ClN2O/c15-14-12(9-18)13(11-6-7-11)16-17(14)8-10-4-2-1-3-5-10/h1-5,11,18H,6-9H2. The molecule has 3 rings (SSSR count). The van der Waals surface area contributed by atoms with Crippen LogP contribution in [0.4, 0.5) is 0 Å². The summed E-state index contributed by atoms with van der Waals surface area (Å²) in [4.78, 5) is 0. The van der Waals surface area contributed by atoms with Crippen LogP contribution in [0.3, 0.4) is 0 Å². The van der Waals surface area contributed by atoms with E-state index in [1.54, 1.807) is 4.68 Å². The van der Waals surface area contributed by atoms with Crippen molar-refractivity contribution in [1.29, 1.82) is 0 Å². The van der Waals surface area contributed by atoms with Gasteiger partial charge in [0.15, 0.2) is 0 Å². The average molecular weight is 263 g/mol. The summed E-state index contributed by atoms with van der Waals surface area (Å²) in [5.74, 6) is 0.502. The summed E-state index contributed by atoms with van der Waals surface area (Å²) in [6, 6.07) is 10.1. The highest BCUT2D eigenvalue weighted by Crippen LogP contribution is 2.42. The molecule has 0 saturated heterocycles. The predicted molar refractivity (Wildman–Crippen MR) is 70.7 cm³/mol. The monoisotopic (exact) mass is 262 g/mol. The summed E-state index contributed by atoms with van der Waals surface area (Å²) in [7, 11) is 0. The molecule has 1 heterocycles. The molecule has 18 heavy (non-hydrogen) atoms. The van der Waals surface area contributed by atoms with Crippen molar-refractivity contribution in [2.45, 2.75) is 31.9 Å². The molecule has 1 N–H and O–H groups in total. The van der Waals surface area contributed by atoms with Crippen LogP contribution >= 0.6 is 11.6 Å². The summed E-state index contributed by atoms with van der Waals surface area (Å²) in [6.07, 6.45) is 2.32. The molecule has 0 amide bonds. The molecule has 2 aromatic rings. The first-order valence-corrected chi connectivity index (χ1v) is 6.57. The molecule has 1 aliphatic rings. The Morgan fingerprint density at radius 1 is 1.28 bits per heavy atom. The highest BCUT2D eigenvalue weighted by atomic mass is 35.5. The van der Waals surface area contributed by atoms with E-state index in [0.717, 1.165) is 29.7 Å². The van der Waals surface area contributed by atoms with Crippen molar-refractivity contribution in [2.75, 3.05) is 0 Å². The zero-order valence-corrected chi connectivity index (χ0v) is 10.8. The van der Waals surface area contributed by atoms with Gasteiger partial charge in [0, 0.05) is 11.5 Å². The quantitative estimate of drug-likeness (QED) is 0.920. The van der Waals surface area contributed by atoms with Gasteiger partial charge in [-0.2, -0.15) is 5.10 Å². The summed E-state index contributed by atoms with van der Waals surface area (Å²) in [6.45, 7) is 0.624. The van der Waals surface area contributed by atoms with Gasteiger partial charge < -0.3 is 5.11 Å². The molecule has 1 fully saturated rings. The Morgan fingerprint density at radius 2 is 2.00 bits per heavy atom. The van der Waals surface area contributed by atoms with Gasteiger partial charge in [0.25, 0.3) is 0 Å². The minimum Gasteiger partial charge on any atom is -0.391 e. The van der Waals surface area contributed by atoms with Gasteiger partial charge in [0.2, 0.25) is 0 Å². The molecule has 1 aromatic heterocycles. The van der Waals surface area contributed by atoms with Crippen LogP contribution in [0.2, 0.25) is 5.15 Å². The maximum absolute atomic E-state index is 9.42. The molecule has 0 unspecified atom stereocenters. The summed E-state index contributed by atoms with van der Waals surface area (Å²) >= 11 is 6.29. The van der Waals surface area contributed by atoms with Gasteiger partial charge in [-0.3, -0.25) is 0 Å². The lowest BCUT2D eigenvalue weighted by Gasteiger charge is -2.03. The van der Waals surface area contributed by atoms with Crippen molar-refractivity contribution >= 4 is 11.6 Å². The largest absolute Gasteiger partial charge is 0.391 e. The van der Waals surface area contributed by atoms with E-state index in [2.05, 4.69) is 5.10 Å². The third kappa shape index (κ3) is 2.16. The van der Waals surface area contributed by atoms with Gasteiger partial charge in [-0.15, -0.1) is 0 Å². The lowest BCUT2D eigenvalue weighted by Crippen LogP contribution is -2.02.